The maximum absolute atomic E-state index is 13.3. The number of nitrogens with zero attached hydrogens (tertiary/aromatic N) is 2. The van der Waals surface area contributed by atoms with Gasteiger partial charge < -0.3 is 4.74 Å². The van der Waals surface area contributed by atoms with E-state index in [1.165, 1.54) is 24.5 Å². The highest BCUT2D eigenvalue weighted by Crippen LogP contribution is 2.37. The summed E-state index contributed by atoms with van der Waals surface area (Å²) in [5, 5.41) is 0.815. The summed E-state index contributed by atoms with van der Waals surface area (Å²) in [5.41, 5.74) is 1.11. The summed E-state index contributed by atoms with van der Waals surface area (Å²) in [6, 6.07) is 16.2. The minimum Gasteiger partial charge on any atom is -0.438 e. The van der Waals surface area contributed by atoms with E-state index in [2.05, 4.69) is 9.97 Å². The molecule has 0 spiro atoms. The normalized spacial score (nSPS) is 10.9. The van der Waals surface area contributed by atoms with Crippen molar-refractivity contribution in [1.29, 1.82) is 0 Å². The monoisotopic (exact) mass is 356 g/mol. The molecule has 0 radical (unpaired) electrons. The van der Waals surface area contributed by atoms with Crippen molar-refractivity contribution >= 4 is 33.2 Å². The molecule has 0 amide bonds. The van der Waals surface area contributed by atoms with E-state index < -0.39 is 5.82 Å². The first-order valence-corrected chi connectivity index (χ1v) is 8.33. The van der Waals surface area contributed by atoms with Crippen molar-refractivity contribution < 1.29 is 9.13 Å². The zero-order valence-corrected chi connectivity index (χ0v) is 13.8. The molecule has 118 valence electrons. The highest BCUT2D eigenvalue weighted by atomic mass is 35.5. The van der Waals surface area contributed by atoms with Gasteiger partial charge in [-0.15, -0.1) is 11.3 Å². The molecular formula is C18H10ClFN2OS. The van der Waals surface area contributed by atoms with Crippen LogP contribution in [-0.2, 0) is 0 Å². The van der Waals surface area contributed by atoms with Gasteiger partial charge in [0.15, 0.2) is 0 Å². The van der Waals surface area contributed by atoms with E-state index in [9.17, 15) is 4.39 Å². The van der Waals surface area contributed by atoms with Gasteiger partial charge in [-0.1, -0.05) is 41.9 Å². The second kappa shape index (κ2) is 6.19. The molecular weight excluding hydrogens is 347 g/mol. The van der Waals surface area contributed by atoms with Crippen molar-refractivity contribution in [2.75, 3.05) is 0 Å². The van der Waals surface area contributed by atoms with Gasteiger partial charge >= 0.3 is 0 Å². The van der Waals surface area contributed by atoms with Crippen molar-refractivity contribution in [1.82, 2.24) is 9.97 Å². The number of benzene rings is 2. The zero-order chi connectivity index (χ0) is 16.5. The molecule has 3 nitrogen and oxygen atoms in total. The summed E-state index contributed by atoms with van der Waals surface area (Å²) in [4.78, 5) is 10.4. The predicted molar refractivity (Wildman–Crippen MR) is 94.3 cm³/mol. The highest BCUT2D eigenvalue weighted by Gasteiger charge is 2.12. The van der Waals surface area contributed by atoms with Crippen molar-refractivity contribution in [3.8, 4) is 22.1 Å². The fourth-order valence-corrected chi connectivity index (χ4v) is 3.48. The maximum atomic E-state index is 13.3. The number of ether oxygens (including phenoxy) is 1. The van der Waals surface area contributed by atoms with Crippen LogP contribution in [0.4, 0.5) is 4.39 Å². The molecule has 0 unspecified atom stereocenters. The molecule has 6 heteroatoms. The molecule has 0 saturated heterocycles. The van der Waals surface area contributed by atoms with Crippen LogP contribution in [-0.4, -0.2) is 9.97 Å². The molecule has 2 aromatic heterocycles. The van der Waals surface area contributed by atoms with Crippen LogP contribution in [0.1, 0.15) is 0 Å². The number of thiophene rings is 1. The molecule has 0 saturated carbocycles. The van der Waals surface area contributed by atoms with Gasteiger partial charge in [0.25, 0.3) is 0 Å². The van der Waals surface area contributed by atoms with E-state index in [1.807, 2.05) is 36.4 Å². The van der Waals surface area contributed by atoms with Gasteiger partial charge in [0.05, 0.1) is 10.4 Å². The summed E-state index contributed by atoms with van der Waals surface area (Å²) in [5.74, 6) is 0.355. The molecule has 4 rings (SSSR count). The van der Waals surface area contributed by atoms with Gasteiger partial charge in [0.2, 0.25) is 5.88 Å². The Hall–Kier alpha value is -2.50. The SMILES string of the molecule is Fc1ccc(Oc2ncnc3sc(-c4ccccc4)cc23)cc1Cl. The Bertz CT molecular complexity index is 1020. The first kappa shape index (κ1) is 15.1. The van der Waals surface area contributed by atoms with E-state index in [-0.39, 0.29) is 5.02 Å². The quantitative estimate of drug-likeness (QED) is 0.455. The highest BCUT2D eigenvalue weighted by molar-refractivity contribution is 7.21. The van der Waals surface area contributed by atoms with E-state index >= 15 is 0 Å². The lowest BCUT2D eigenvalue weighted by Gasteiger charge is -2.05. The van der Waals surface area contributed by atoms with E-state index in [1.54, 1.807) is 11.3 Å². The number of fused-ring (bicyclic) bond motifs is 1. The lowest BCUT2D eigenvalue weighted by atomic mass is 10.2. The minimum atomic E-state index is -0.487. The minimum absolute atomic E-state index is 0.00749. The summed E-state index contributed by atoms with van der Waals surface area (Å²) in [7, 11) is 0. The molecule has 0 fully saturated rings. The zero-order valence-electron chi connectivity index (χ0n) is 12.2. The molecule has 2 aromatic carbocycles. The number of rotatable bonds is 3. The number of aromatic nitrogens is 2. The van der Waals surface area contributed by atoms with Crippen LogP contribution >= 0.6 is 22.9 Å². The molecule has 2 heterocycles. The van der Waals surface area contributed by atoms with Gasteiger partial charge in [-0.25, -0.2) is 14.4 Å². The Morgan fingerprint density at radius 2 is 1.83 bits per heavy atom. The molecule has 0 aliphatic rings. The number of hydrogen-bond acceptors (Lipinski definition) is 4. The van der Waals surface area contributed by atoms with Crippen LogP contribution in [0.15, 0.2) is 60.9 Å². The Balaban J connectivity index is 1.76. The van der Waals surface area contributed by atoms with Crippen LogP contribution in [0.25, 0.3) is 20.7 Å². The summed E-state index contributed by atoms with van der Waals surface area (Å²) < 4.78 is 19.1. The van der Waals surface area contributed by atoms with E-state index in [0.29, 0.717) is 11.6 Å². The Morgan fingerprint density at radius 3 is 2.62 bits per heavy atom. The Kier molecular flexibility index (Phi) is 3.88. The molecule has 0 bridgehead atoms. The fraction of sp³-hybridized carbons (Fsp3) is 0. The van der Waals surface area contributed by atoms with Crippen LogP contribution in [0, 0.1) is 5.82 Å². The van der Waals surface area contributed by atoms with Crippen molar-refractivity contribution in [3.63, 3.8) is 0 Å². The van der Waals surface area contributed by atoms with E-state index in [4.69, 9.17) is 16.3 Å². The largest absolute Gasteiger partial charge is 0.438 e. The van der Waals surface area contributed by atoms with Gasteiger partial charge in [0, 0.05) is 10.9 Å². The average Bonchev–Trinajstić information content (AvgIpc) is 3.04. The standard InChI is InChI=1S/C18H10ClFN2OS/c19-14-8-12(6-7-15(14)20)23-17-13-9-16(11-4-2-1-3-5-11)24-18(13)22-10-21-17/h1-10H. The van der Waals surface area contributed by atoms with Crippen LogP contribution < -0.4 is 4.74 Å². The number of hydrogen-bond donors (Lipinski definition) is 0. The lowest BCUT2D eigenvalue weighted by Crippen LogP contribution is -1.90. The number of halogens is 2. The first-order valence-electron chi connectivity index (χ1n) is 7.13. The van der Waals surface area contributed by atoms with Crippen molar-refractivity contribution in [2.45, 2.75) is 0 Å². The molecule has 0 aliphatic carbocycles. The van der Waals surface area contributed by atoms with Crippen LogP contribution in [0.2, 0.25) is 5.02 Å². The predicted octanol–water partition coefficient (Wildman–Crippen LogP) is 5.94. The Morgan fingerprint density at radius 1 is 1.00 bits per heavy atom. The van der Waals surface area contributed by atoms with Crippen LogP contribution in [0.3, 0.4) is 0 Å². The van der Waals surface area contributed by atoms with Gasteiger partial charge in [-0.3, -0.25) is 0 Å². The third kappa shape index (κ3) is 2.84. The summed E-state index contributed by atoms with van der Waals surface area (Å²) in [6.07, 6.45) is 1.45. The second-order valence-corrected chi connectivity index (χ2v) is 6.49. The van der Waals surface area contributed by atoms with Crippen molar-refractivity contribution in [2.24, 2.45) is 0 Å². The first-order chi connectivity index (χ1) is 11.7. The molecule has 0 aliphatic heterocycles. The third-order valence-corrected chi connectivity index (χ3v) is 4.84. The van der Waals surface area contributed by atoms with Gasteiger partial charge in [-0.05, 0) is 23.8 Å². The average molecular weight is 357 g/mol. The third-order valence-electron chi connectivity index (χ3n) is 3.46. The van der Waals surface area contributed by atoms with E-state index in [0.717, 1.165) is 20.7 Å². The molecule has 4 aromatic rings. The molecule has 24 heavy (non-hydrogen) atoms. The summed E-state index contributed by atoms with van der Waals surface area (Å²) in [6.45, 7) is 0. The molecule has 0 N–H and O–H groups in total. The Labute approximate surface area is 146 Å². The van der Waals surface area contributed by atoms with Crippen molar-refractivity contribution in [3.05, 3.63) is 71.8 Å². The van der Waals surface area contributed by atoms with Gasteiger partial charge in [0.1, 0.15) is 22.7 Å². The van der Waals surface area contributed by atoms with Gasteiger partial charge in [-0.2, -0.15) is 0 Å². The topological polar surface area (TPSA) is 35.0 Å². The molecule has 0 atom stereocenters. The smallest absolute Gasteiger partial charge is 0.231 e. The lowest BCUT2D eigenvalue weighted by molar-refractivity contribution is 0.466. The maximum Gasteiger partial charge on any atom is 0.231 e. The summed E-state index contributed by atoms with van der Waals surface area (Å²) >= 11 is 7.36. The van der Waals surface area contributed by atoms with Crippen LogP contribution in [0.5, 0.6) is 11.6 Å². The fourth-order valence-electron chi connectivity index (χ4n) is 2.31. The second-order valence-electron chi connectivity index (χ2n) is 5.05.